The molecule has 4 bridgehead atoms. The van der Waals surface area contributed by atoms with E-state index in [9.17, 15) is 5.26 Å². The Hall–Kier alpha value is -5.47. The van der Waals surface area contributed by atoms with Gasteiger partial charge in [-0.3, -0.25) is 4.98 Å². The SMILES string of the molecule is CC1(C)c2ccccc2-c2cc(-c3nc(-c4ccccc4)nc(-c4cc5c(cc4C#N)-c4cnccc4C54C5CC6CC(C5)C4C6)n3)ccc21. The molecule has 4 fully saturated rings. The highest BCUT2D eigenvalue weighted by atomic mass is 15.0. The first-order chi connectivity index (χ1) is 24.4. The van der Waals surface area contributed by atoms with E-state index in [1.165, 1.54) is 70.2 Å². The van der Waals surface area contributed by atoms with Crippen molar-refractivity contribution >= 4 is 0 Å². The first-order valence-corrected chi connectivity index (χ1v) is 18.0. The Balaban J connectivity index is 1.14. The summed E-state index contributed by atoms with van der Waals surface area (Å²) in [5.41, 5.74) is 13.4. The van der Waals surface area contributed by atoms with Crippen molar-refractivity contribution in [3.63, 3.8) is 0 Å². The average molecular weight is 646 g/mol. The summed E-state index contributed by atoms with van der Waals surface area (Å²) in [5.74, 6) is 4.63. The van der Waals surface area contributed by atoms with Crippen molar-refractivity contribution in [1.29, 1.82) is 5.26 Å². The van der Waals surface area contributed by atoms with Crippen molar-refractivity contribution in [1.82, 2.24) is 19.9 Å². The molecule has 2 heterocycles. The fourth-order valence-electron chi connectivity index (χ4n) is 11.4. The van der Waals surface area contributed by atoms with Gasteiger partial charge in [-0.25, -0.2) is 15.0 Å². The number of aromatic nitrogens is 4. The lowest BCUT2D eigenvalue weighted by Crippen LogP contribution is -2.40. The number of hydrogen-bond donors (Lipinski definition) is 0. The topological polar surface area (TPSA) is 75.3 Å². The molecule has 5 unspecified atom stereocenters. The molecule has 4 aromatic carbocycles. The van der Waals surface area contributed by atoms with Gasteiger partial charge in [0.05, 0.1) is 11.6 Å². The maximum atomic E-state index is 10.7. The van der Waals surface area contributed by atoms with E-state index in [4.69, 9.17) is 15.0 Å². The Morgan fingerprint density at radius 1 is 0.620 bits per heavy atom. The molecule has 6 aliphatic carbocycles. The molecule has 5 nitrogen and oxygen atoms in total. The zero-order chi connectivity index (χ0) is 33.4. The van der Waals surface area contributed by atoms with Gasteiger partial charge in [-0.05, 0) is 113 Å². The number of nitriles is 1. The van der Waals surface area contributed by atoms with Gasteiger partial charge in [0, 0.05) is 45.5 Å². The van der Waals surface area contributed by atoms with Crippen LogP contribution in [0.1, 0.15) is 67.3 Å². The molecule has 0 aliphatic heterocycles. The van der Waals surface area contributed by atoms with E-state index >= 15 is 0 Å². The van der Waals surface area contributed by atoms with Crippen LogP contribution < -0.4 is 0 Å². The molecule has 0 saturated heterocycles. The number of nitrogens with zero attached hydrogens (tertiary/aromatic N) is 5. The third-order valence-corrected chi connectivity index (χ3v) is 13.3. The molecule has 12 rings (SSSR count). The van der Waals surface area contributed by atoms with Gasteiger partial charge in [-0.15, -0.1) is 0 Å². The van der Waals surface area contributed by atoms with Gasteiger partial charge in [0.25, 0.3) is 0 Å². The molecule has 5 heteroatoms. The normalized spacial score (nSPS) is 25.3. The average Bonchev–Trinajstić information content (AvgIpc) is 3.78. The lowest BCUT2D eigenvalue weighted by molar-refractivity contribution is 0.191. The van der Waals surface area contributed by atoms with Crippen molar-refractivity contribution < 1.29 is 0 Å². The summed E-state index contributed by atoms with van der Waals surface area (Å²) < 4.78 is 0. The Morgan fingerprint density at radius 3 is 2.22 bits per heavy atom. The lowest BCUT2D eigenvalue weighted by atomic mass is 9.59. The molecule has 240 valence electrons. The minimum absolute atomic E-state index is 0.0354. The maximum absolute atomic E-state index is 10.7. The van der Waals surface area contributed by atoms with Gasteiger partial charge in [-0.2, -0.15) is 5.26 Å². The van der Waals surface area contributed by atoms with Crippen LogP contribution in [-0.2, 0) is 10.8 Å². The zero-order valence-electron chi connectivity index (χ0n) is 28.2. The second kappa shape index (κ2) is 9.82. The van der Waals surface area contributed by atoms with Crippen LogP contribution in [0.25, 0.3) is 56.4 Å². The number of hydrogen-bond acceptors (Lipinski definition) is 5. The smallest absolute Gasteiger partial charge is 0.165 e. The predicted molar refractivity (Wildman–Crippen MR) is 195 cm³/mol. The number of pyridine rings is 1. The Morgan fingerprint density at radius 2 is 1.38 bits per heavy atom. The number of fused-ring (bicyclic) bond motifs is 6. The zero-order valence-corrected chi connectivity index (χ0v) is 28.2. The molecule has 0 radical (unpaired) electrons. The summed E-state index contributed by atoms with van der Waals surface area (Å²) in [5, 5.41) is 10.7. The predicted octanol–water partition coefficient (Wildman–Crippen LogP) is 9.78. The summed E-state index contributed by atoms with van der Waals surface area (Å²) >= 11 is 0. The van der Waals surface area contributed by atoms with Crippen LogP contribution in [0.5, 0.6) is 0 Å². The van der Waals surface area contributed by atoms with Gasteiger partial charge in [0.2, 0.25) is 0 Å². The van der Waals surface area contributed by atoms with Crippen LogP contribution in [0.2, 0.25) is 0 Å². The highest BCUT2D eigenvalue weighted by Gasteiger charge is 2.66. The molecule has 50 heavy (non-hydrogen) atoms. The standard InChI is InChI=1S/C45H35N5/c1-44(2)36-11-7-6-10-31(36)33-20-27(12-13-37(33)44)42-48-41(26-8-4-3-5-9-26)49-43(50-42)32-22-40-34(21-29(32)23-46)35-24-47-15-14-38(35)45(40)30-17-25-16-28(19-30)39(45)18-25/h3-15,20-22,24-25,28,30,39H,16-19H2,1-2H3. The molecule has 5 atom stereocenters. The van der Waals surface area contributed by atoms with Crippen LogP contribution in [-0.4, -0.2) is 19.9 Å². The van der Waals surface area contributed by atoms with Gasteiger partial charge in [0.1, 0.15) is 0 Å². The van der Waals surface area contributed by atoms with E-state index in [1.54, 1.807) is 0 Å². The summed E-state index contributed by atoms with van der Waals surface area (Å²) in [6.45, 7) is 4.60. The second-order valence-electron chi connectivity index (χ2n) is 15.8. The van der Waals surface area contributed by atoms with E-state index in [-0.39, 0.29) is 10.8 Å². The van der Waals surface area contributed by atoms with E-state index in [0.29, 0.717) is 34.9 Å². The van der Waals surface area contributed by atoms with Crippen LogP contribution in [0.3, 0.4) is 0 Å². The fraction of sp³-hybridized carbons (Fsp3) is 0.267. The molecule has 6 aliphatic rings. The molecule has 0 N–H and O–H groups in total. The highest BCUT2D eigenvalue weighted by molar-refractivity contribution is 5.87. The monoisotopic (exact) mass is 645 g/mol. The van der Waals surface area contributed by atoms with E-state index in [1.807, 2.05) is 42.7 Å². The van der Waals surface area contributed by atoms with Crippen LogP contribution >= 0.6 is 0 Å². The van der Waals surface area contributed by atoms with Crippen LogP contribution in [0.15, 0.2) is 103 Å². The van der Waals surface area contributed by atoms with Crippen LogP contribution in [0, 0.1) is 35.0 Å². The molecule has 0 amide bonds. The lowest BCUT2D eigenvalue weighted by Gasteiger charge is -2.43. The third kappa shape index (κ3) is 3.56. The minimum atomic E-state index is -0.0852. The summed E-state index contributed by atoms with van der Waals surface area (Å²) in [6, 6.07) is 34.7. The minimum Gasteiger partial charge on any atom is -0.264 e. The first kappa shape index (κ1) is 28.4. The molecule has 4 saturated carbocycles. The van der Waals surface area contributed by atoms with E-state index in [0.717, 1.165) is 28.5 Å². The van der Waals surface area contributed by atoms with Gasteiger partial charge >= 0.3 is 0 Å². The Kier molecular flexibility index (Phi) is 5.57. The first-order valence-electron chi connectivity index (χ1n) is 18.0. The quantitative estimate of drug-likeness (QED) is 0.192. The van der Waals surface area contributed by atoms with Crippen molar-refractivity contribution in [3.8, 4) is 62.5 Å². The molecular formula is C45H35N5. The van der Waals surface area contributed by atoms with Gasteiger partial charge in [-0.1, -0.05) is 80.6 Å². The molecule has 6 aromatic rings. The molecular weight excluding hydrogens is 611 g/mol. The van der Waals surface area contributed by atoms with E-state index in [2.05, 4.69) is 85.6 Å². The second-order valence-corrected chi connectivity index (χ2v) is 15.8. The third-order valence-electron chi connectivity index (χ3n) is 13.3. The van der Waals surface area contributed by atoms with Crippen molar-refractivity contribution in [3.05, 3.63) is 131 Å². The number of rotatable bonds is 3. The van der Waals surface area contributed by atoms with E-state index < -0.39 is 0 Å². The van der Waals surface area contributed by atoms with Crippen molar-refractivity contribution in [2.75, 3.05) is 0 Å². The maximum Gasteiger partial charge on any atom is 0.165 e. The Labute approximate surface area is 292 Å². The summed E-state index contributed by atoms with van der Waals surface area (Å²) in [4.78, 5) is 20.1. The largest absolute Gasteiger partial charge is 0.264 e. The Bertz CT molecular complexity index is 2470. The fourth-order valence-corrected chi connectivity index (χ4v) is 11.4. The summed E-state index contributed by atoms with van der Waals surface area (Å²) in [7, 11) is 0. The van der Waals surface area contributed by atoms with Crippen LogP contribution in [0.4, 0.5) is 0 Å². The molecule has 2 aromatic heterocycles. The van der Waals surface area contributed by atoms with Crippen molar-refractivity contribution in [2.24, 2.45) is 23.7 Å². The molecule has 1 spiro atoms. The van der Waals surface area contributed by atoms with Gasteiger partial charge < -0.3 is 0 Å². The van der Waals surface area contributed by atoms with Crippen molar-refractivity contribution in [2.45, 2.75) is 50.4 Å². The van der Waals surface area contributed by atoms with Gasteiger partial charge in [0.15, 0.2) is 17.5 Å². The summed E-state index contributed by atoms with van der Waals surface area (Å²) in [6.07, 6.45) is 9.24. The number of benzene rings is 4. The highest BCUT2D eigenvalue weighted by Crippen LogP contribution is 2.73.